The van der Waals surface area contributed by atoms with Crippen LogP contribution in [0.1, 0.15) is 24.8 Å². The zero-order valence-electron chi connectivity index (χ0n) is 14.5. The highest BCUT2D eigenvalue weighted by Gasteiger charge is 2.32. The van der Waals surface area contributed by atoms with E-state index in [1.165, 1.54) is 0 Å². The van der Waals surface area contributed by atoms with Crippen LogP contribution in [0.5, 0.6) is 5.75 Å². The molecule has 0 spiro atoms. The molecule has 2 aliphatic heterocycles. The Bertz CT molecular complexity index is 623. The van der Waals surface area contributed by atoms with Crippen LogP contribution >= 0.6 is 0 Å². The lowest BCUT2D eigenvalue weighted by Gasteiger charge is -2.38. The molecule has 6 heteroatoms. The Hall–Kier alpha value is -2.10. The molecule has 2 heterocycles. The minimum atomic E-state index is -0.0408. The van der Waals surface area contributed by atoms with Gasteiger partial charge in [0.2, 0.25) is 5.91 Å². The quantitative estimate of drug-likeness (QED) is 0.813. The standard InChI is InChI=1S/C19H25N3O3/c20-15-16-4-3-5-17(14-16)25-13-10-21-7-2-1-6-18(21)19(23)22-8-11-24-12-9-22/h3-5,14,18H,1-2,6-13H2. The number of carbonyl (C=O) groups excluding carboxylic acids is 1. The van der Waals surface area contributed by atoms with Crippen LogP contribution in [0.25, 0.3) is 0 Å². The summed E-state index contributed by atoms with van der Waals surface area (Å²) in [4.78, 5) is 17.0. The average molecular weight is 343 g/mol. The lowest BCUT2D eigenvalue weighted by Crippen LogP contribution is -2.54. The van der Waals surface area contributed by atoms with Crippen molar-refractivity contribution in [2.45, 2.75) is 25.3 Å². The fourth-order valence-electron chi connectivity index (χ4n) is 3.47. The van der Waals surface area contributed by atoms with Crippen molar-refractivity contribution < 1.29 is 14.3 Å². The lowest BCUT2D eigenvalue weighted by atomic mass is 10.0. The van der Waals surface area contributed by atoms with E-state index in [2.05, 4.69) is 11.0 Å². The first-order valence-corrected chi connectivity index (χ1v) is 9.01. The normalized spacial score (nSPS) is 21.6. The molecule has 0 N–H and O–H groups in total. The minimum Gasteiger partial charge on any atom is -0.492 e. The number of ether oxygens (including phenoxy) is 2. The average Bonchev–Trinajstić information content (AvgIpc) is 2.69. The molecule has 0 bridgehead atoms. The molecular formula is C19H25N3O3. The Labute approximate surface area is 148 Å². The molecule has 0 aliphatic carbocycles. The third-order valence-corrected chi connectivity index (χ3v) is 4.83. The second kappa shape index (κ2) is 8.84. The van der Waals surface area contributed by atoms with Crippen molar-refractivity contribution in [3.8, 4) is 11.8 Å². The topological polar surface area (TPSA) is 65.8 Å². The number of carbonyl (C=O) groups is 1. The van der Waals surface area contributed by atoms with Crippen molar-refractivity contribution >= 4 is 5.91 Å². The summed E-state index contributed by atoms with van der Waals surface area (Å²) in [6.45, 7) is 4.83. The van der Waals surface area contributed by atoms with E-state index in [-0.39, 0.29) is 11.9 Å². The summed E-state index contributed by atoms with van der Waals surface area (Å²) in [5, 5.41) is 8.95. The van der Waals surface area contributed by atoms with Gasteiger partial charge in [-0.1, -0.05) is 12.5 Å². The molecule has 2 fully saturated rings. The third-order valence-electron chi connectivity index (χ3n) is 4.83. The van der Waals surface area contributed by atoms with Gasteiger partial charge in [-0.2, -0.15) is 5.26 Å². The van der Waals surface area contributed by atoms with Gasteiger partial charge in [0.05, 0.1) is 30.9 Å². The summed E-state index contributed by atoms with van der Waals surface area (Å²) in [6.07, 6.45) is 3.14. The number of amides is 1. The highest BCUT2D eigenvalue weighted by Crippen LogP contribution is 2.20. The summed E-state index contributed by atoms with van der Waals surface area (Å²) in [6, 6.07) is 9.25. The van der Waals surface area contributed by atoms with Gasteiger partial charge in [-0.25, -0.2) is 0 Å². The molecule has 1 aromatic carbocycles. The summed E-state index contributed by atoms with van der Waals surface area (Å²) in [7, 11) is 0. The molecule has 6 nitrogen and oxygen atoms in total. The predicted octanol–water partition coefficient (Wildman–Crippen LogP) is 1.65. The van der Waals surface area contributed by atoms with Gasteiger partial charge in [0.25, 0.3) is 0 Å². The fourth-order valence-corrected chi connectivity index (χ4v) is 3.47. The number of morpholine rings is 1. The SMILES string of the molecule is N#Cc1cccc(OCCN2CCCCC2C(=O)N2CCOCC2)c1. The van der Waals surface area contributed by atoms with Gasteiger partial charge < -0.3 is 14.4 Å². The van der Waals surface area contributed by atoms with E-state index in [9.17, 15) is 4.79 Å². The first kappa shape index (κ1) is 17.7. The van der Waals surface area contributed by atoms with Crippen LogP contribution in [0.2, 0.25) is 0 Å². The van der Waals surface area contributed by atoms with E-state index in [1.54, 1.807) is 12.1 Å². The molecule has 3 rings (SSSR count). The van der Waals surface area contributed by atoms with E-state index in [0.29, 0.717) is 44.2 Å². The fraction of sp³-hybridized carbons (Fsp3) is 0.579. The zero-order chi connectivity index (χ0) is 17.5. The summed E-state index contributed by atoms with van der Waals surface area (Å²) < 4.78 is 11.1. The van der Waals surface area contributed by atoms with E-state index in [1.807, 2.05) is 17.0 Å². The van der Waals surface area contributed by atoms with E-state index in [4.69, 9.17) is 14.7 Å². The van der Waals surface area contributed by atoms with Crippen LogP contribution in [0.3, 0.4) is 0 Å². The predicted molar refractivity (Wildman–Crippen MR) is 93.3 cm³/mol. The van der Waals surface area contributed by atoms with Crippen molar-refractivity contribution in [3.05, 3.63) is 29.8 Å². The molecule has 1 atom stereocenters. The smallest absolute Gasteiger partial charge is 0.240 e. The van der Waals surface area contributed by atoms with Crippen LogP contribution in [0.15, 0.2) is 24.3 Å². The highest BCUT2D eigenvalue weighted by molar-refractivity contribution is 5.82. The van der Waals surface area contributed by atoms with Crippen LogP contribution in [-0.4, -0.2) is 67.7 Å². The maximum absolute atomic E-state index is 12.8. The number of hydrogen-bond acceptors (Lipinski definition) is 5. The highest BCUT2D eigenvalue weighted by atomic mass is 16.5. The molecule has 0 aromatic heterocycles. The Morgan fingerprint density at radius 2 is 2.12 bits per heavy atom. The molecule has 25 heavy (non-hydrogen) atoms. The van der Waals surface area contributed by atoms with Crippen molar-refractivity contribution in [3.63, 3.8) is 0 Å². The number of benzene rings is 1. The number of nitriles is 1. The van der Waals surface area contributed by atoms with Crippen LogP contribution in [-0.2, 0) is 9.53 Å². The Morgan fingerprint density at radius 3 is 2.92 bits per heavy atom. The Kier molecular flexibility index (Phi) is 6.26. The van der Waals surface area contributed by atoms with Crippen molar-refractivity contribution in [2.75, 3.05) is 46.0 Å². The number of nitrogens with zero attached hydrogens (tertiary/aromatic N) is 3. The van der Waals surface area contributed by atoms with Gasteiger partial charge in [-0.15, -0.1) is 0 Å². The van der Waals surface area contributed by atoms with Crippen LogP contribution in [0.4, 0.5) is 0 Å². The van der Waals surface area contributed by atoms with Crippen molar-refractivity contribution in [1.82, 2.24) is 9.80 Å². The van der Waals surface area contributed by atoms with E-state index >= 15 is 0 Å². The first-order valence-electron chi connectivity index (χ1n) is 9.01. The first-order chi connectivity index (χ1) is 12.3. The molecule has 1 amide bonds. The molecule has 134 valence electrons. The van der Waals surface area contributed by atoms with Gasteiger partial charge in [-0.05, 0) is 37.6 Å². The van der Waals surface area contributed by atoms with Gasteiger partial charge in [0.1, 0.15) is 12.4 Å². The van der Waals surface area contributed by atoms with Crippen LogP contribution < -0.4 is 4.74 Å². The molecule has 1 unspecified atom stereocenters. The number of hydrogen-bond donors (Lipinski definition) is 0. The molecule has 0 radical (unpaired) electrons. The van der Waals surface area contributed by atoms with Gasteiger partial charge in [0.15, 0.2) is 0 Å². The Balaban J connectivity index is 1.53. The number of likely N-dealkylation sites (tertiary alicyclic amines) is 1. The monoisotopic (exact) mass is 343 g/mol. The van der Waals surface area contributed by atoms with Gasteiger partial charge in [0, 0.05) is 19.6 Å². The maximum Gasteiger partial charge on any atom is 0.240 e. The number of piperidine rings is 1. The molecule has 2 aliphatic rings. The maximum atomic E-state index is 12.8. The zero-order valence-corrected chi connectivity index (χ0v) is 14.5. The van der Waals surface area contributed by atoms with Crippen molar-refractivity contribution in [2.24, 2.45) is 0 Å². The van der Waals surface area contributed by atoms with Crippen molar-refractivity contribution in [1.29, 1.82) is 5.26 Å². The third kappa shape index (κ3) is 4.71. The Morgan fingerprint density at radius 1 is 1.28 bits per heavy atom. The van der Waals surface area contributed by atoms with E-state index < -0.39 is 0 Å². The number of rotatable bonds is 5. The van der Waals surface area contributed by atoms with Gasteiger partial charge in [-0.3, -0.25) is 9.69 Å². The second-order valence-electron chi connectivity index (χ2n) is 6.47. The summed E-state index contributed by atoms with van der Waals surface area (Å²) in [5.41, 5.74) is 0.593. The molecule has 2 saturated heterocycles. The van der Waals surface area contributed by atoms with E-state index in [0.717, 1.165) is 32.4 Å². The molecule has 1 aromatic rings. The lowest BCUT2D eigenvalue weighted by molar-refractivity contribution is -0.142. The molecule has 0 saturated carbocycles. The second-order valence-corrected chi connectivity index (χ2v) is 6.47. The largest absolute Gasteiger partial charge is 0.492 e. The summed E-state index contributed by atoms with van der Waals surface area (Å²) in [5.74, 6) is 0.932. The molecular weight excluding hydrogens is 318 g/mol. The summed E-state index contributed by atoms with van der Waals surface area (Å²) >= 11 is 0. The van der Waals surface area contributed by atoms with Crippen LogP contribution in [0, 0.1) is 11.3 Å². The van der Waals surface area contributed by atoms with Gasteiger partial charge >= 0.3 is 0 Å². The minimum absolute atomic E-state index is 0.0408.